The van der Waals surface area contributed by atoms with Gasteiger partial charge in [-0.05, 0) is 6.92 Å². The summed E-state index contributed by atoms with van der Waals surface area (Å²) >= 11 is 5.81. The van der Waals surface area contributed by atoms with Crippen molar-refractivity contribution in [1.82, 2.24) is 19.9 Å². The van der Waals surface area contributed by atoms with Crippen LogP contribution in [-0.2, 0) is 0 Å². The van der Waals surface area contributed by atoms with E-state index >= 15 is 0 Å². The van der Waals surface area contributed by atoms with Crippen molar-refractivity contribution in [3.63, 3.8) is 0 Å². The zero-order valence-electron chi connectivity index (χ0n) is 7.98. The van der Waals surface area contributed by atoms with Crippen molar-refractivity contribution in [3.05, 3.63) is 29.4 Å². The fourth-order valence-corrected chi connectivity index (χ4v) is 1.38. The maximum Gasteiger partial charge on any atom is 0.219 e. The van der Waals surface area contributed by atoms with Crippen LogP contribution in [0.15, 0.2) is 18.5 Å². The highest BCUT2D eigenvalue weighted by Gasteiger charge is 2.03. The van der Waals surface area contributed by atoms with Crippen LogP contribution in [0.5, 0.6) is 0 Å². The number of nitrogens with two attached hydrogens (primary N) is 1. The zero-order chi connectivity index (χ0) is 10.8. The molecule has 0 atom stereocenters. The summed E-state index contributed by atoms with van der Waals surface area (Å²) in [6, 6.07) is 1.66. The van der Waals surface area contributed by atoms with Crippen molar-refractivity contribution >= 4 is 17.5 Å². The molecule has 0 radical (unpaired) electrons. The minimum atomic E-state index is 0.232. The van der Waals surface area contributed by atoms with Crippen LogP contribution in [0, 0.1) is 6.92 Å². The number of halogens is 1. The van der Waals surface area contributed by atoms with Crippen molar-refractivity contribution in [2.24, 2.45) is 0 Å². The van der Waals surface area contributed by atoms with Crippen LogP contribution >= 0.6 is 11.6 Å². The smallest absolute Gasteiger partial charge is 0.219 e. The number of nitrogen functional groups attached to an aromatic ring is 1. The number of aromatic nitrogens is 4. The van der Waals surface area contributed by atoms with Gasteiger partial charge in [-0.25, -0.2) is 19.9 Å². The number of nitrogens with zero attached hydrogens (tertiary/aromatic N) is 4. The van der Waals surface area contributed by atoms with E-state index in [4.69, 9.17) is 17.3 Å². The zero-order valence-corrected chi connectivity index (χ0v) is 8.73. The van der Waals surface area contributed by atoms with E-state index in [9.17, 15) is 0 Å². The maximum absolute atomic E-state index is 5.81. The Kier molecular flexibility index (Phi) is 2.47. The molecule has 0 saturated heterocycles. The molecular weight excluding hydrogens is 214 g/mol. The fraction of sp³-hybridized carbons (Fsp3) is 0.111. The highest BCUT2D eigenvalue weighted by atomic mass is 35.5. The van der Waals surface area contributed by atoms with Gasteiger partial charge in [-0.15, -0.1) is 0 Å². The Morgan fingerprint density at radius 1 is 1.20 bits per heavy atom. The predicted molar refractivity (Wildman–Crippen MR) is 57.2 cm³/mol. The van der Waals surface area contributed by atoms with Crippen LogP contribution in [-0.4, -0.2) is 19.9 Å². The van der Waals surface area contributed by atoms with E-state index in [1.165, 1.54) is 0 Å². The van der Waals surface area contributed by atoms with Gasteiger partial charge in [0, 0.05) is 24.0 Å². The Labute approximate surface area is 91.4 Å². The van der Waals surface area contributed by atoms with Gasteiger partial charge in [0.25, 0.3) is 0 Å². The second-order valence-corrected chi connectivity index (χ2v) is 3.34. The Balaban J connectivity index is 2.49. The summed E-state index contributed by atoms with van der Waals surface area (Å²) < 4.78 is 0. The summed E-state index contributed by atoms with van der Waals surface area (Å²) in [5, 5.41) is 0.398. The molecule has 0 aromatic carbocycles. The first kappa shape index (κ1) is 9.79. The molecule has 0 spiro atoms. The van der Waals surface area contributed by atoms with Crippen LogP contribution < -0.4 is 5.73 Å². The number of aryl methyl sites for hydroxylation is 1. The van der Waals surface area contributed by atoms with Crippen molar-refractivity contribution < 1.29 is 0 Å². The normalized spacial score (nSPS) is 10.3. The summed E-state index contributed by atoms with van der Waals surface area (Å²) in [6.07, 6.45) is 3.20. The van der Waals surface area contributed by atoms with Crippen molar-refractivity contribution in [1.29, 1.82) is 0 Å². The Bertz CT molecular complexity index is 462. The molecule has 6 heteroatoms. The van der Waals surface area contributed by atoms with Gasteiger partial charge >= 0.3 is 0 Å². The molecule has 0 bridgehead atoms. The second-order valence-electron chi connectivity index (χ2n) is 2.95. The average molecular weight is 222 g/mol. The van der Waals surface area contributed by atoms with Crippen LogP contribution in [0.4, 0.5) is 5.95 Å². The number of rotatable bonds is 1. The van der Waals surface area contributed by atoms with Crippen molar-refractivity contribution in [2.45, 2.75) is 6.92 Å². The van der Waals surface area contributed by atoms with Crippen molar-refractivity contribution in [3.8, 4) is 11.3 Å². The predicted octanol–water partition coefficient (Wildman–Crippen LogP) is 1.48. The van der Waals surface area contributed by atoms with Gasteiger partial charge in [0.1, 0.15) is 11.0 Å². The minimum absolute atomic E-state index is 0.232. The Morgan fingerprint density at radius 2 is 1.87 bits per heavy atom. The van der Waals surface area contributed by atoms with Gasteiger partial charge in [-0.1, -0.05) is 11.6 Å². The average Bonchev–Trinajstić information content (AvgIpc) is 2.17. The molecule has 2 heterocycles. The molecule has 0 fully saturated rings. The fourth-order valence-electron chi connectivity index (χ4n) is 1.15. The summed E-state index contributed by atoms with van der Waals surface area (Å²) in [7, 11) is 0. The third-order valence-corrected chi connectivity index (χ3v) is 1.97. The Hall–Kier alpha value is -1.75. The van der Waals surface area contributed by atoms with Gasteiger partial charge in [0.2, 0.25) is 5.95 Å². The number of anilines is 1. The molecule has 0 saturated carbocycles. The van der Waals surface area contributed by atoms with Crippen LogP contribution in [0.3, 0.4) is 0 Å². The highest BCUT2D eigenvalue weighted by Crippen LogP contribution is 2.18. The second kappa shape index (κ2) is 3.78. The molecule has 2 aromatic heterocycles. The third kappa shape index (κ3) is 2.19. The van der Waals surface area contributed by atoms with Gasteiger partial charge in [0.05, 0.1) is 5.69 Å². The largest absolute Gasteiger partial charge is 0.368 e. The molecule has 2 rings (SSSR count). The lowest BCUT2D eigenvalue weighted by molar-refractivity contribution is 1.05. The van der Waals surface area contributed by atoms with Crippen LogP contribution in [0.2, 0.25) is 5.15 Å². The molecule has 0 aliphatic rings. The molecule has 0 unspecified atom stereocenters. The van der Waals surface area contributed by atoms with E-state index in [2.05, 4.69) is 19.9 Å². The topological polar surface area (TPSA) is 77.6 Å². The van der Waals surface area contributed by atoms with E-state index in [0.717, 1.165) is 5.56 Å². The van der Waals surface area contributed by atoms with E-state index in [1.54, 1.807) is 25.4 Å². The third-order valence-electron chi connectivity index (χ3n) is 1.77. The van der Waals surface area contributed by atoms with E-state index in [1.807, 2.05) is 0 Å². The quantitative estimate of drug-likeness (QED) is 0.738. The van der Waals surface area contributed by atoms with E-state index < -0.39 is 0 Å². The molecule has 2 N–H and O–H groups in total. The first-order valence-electron chi connectivity index (χ1n) is 4.24. The van der Waals surface area contributed by atoms with Crippen molar-refractivity contribution in [2.75, 3.05) is 5.73 Å². The minimum Gasteiger partial charge on any atom is -0.368 e. The summed E-state index contributed by atoms with van der Waals surface area (Å²) in [5.41, 5.74) is 6.83. The molecule has 15 heavy (non-hydrogen) atoms. The number of hydrogen-bond acceptors (Lipinski definition) is 5. The lowest BCUT2D eigenvalue weighted by Crippen LogP contribution is -1.96. The first-order valence-corrected chi connectivity index (χ1v) is 4.62. The van der Waals surface area contributed by atoms with E-state index in [0.29, 0.717) is 16.7 Å². The van der Waals surface area contributed by atoms with E-state index in [-0.39, 0.29) is 5.95 Å². The molecule has 0 aliphatic carbocycles. The van der Waals surface area contributed by atoms with Gasteiger partial charge in [0.15, 0.2) is 0 Å². The molecular formula is C9H8ClN5. The summed E-state index contributed by atoms with van der Waals surface area (Å²) in [5.74, 6) is 0.838. The molecule has 0 amide bonds. The summed E-state index contributed by atoms with van der Waals surface area (Å²) in [6.45, 7) is 1.77. The lowest BCUT2D eigenvalue weighted by atomic mass is 10.2. The van der Waals surface area contributed by atoms with Crippen LogP contribution in [0.1, 0.15) is 5.82 Å². The number of hydrogen-bond donors (Lipinski definition) is 1. The van der Waals surface area contributed by atoms with Crippen LogP contribution in [0.25, 0.3) is 11.3 Å². The maximum atomic E-state index is 5.81. The molecule has 76 valence electrons. The standard InChI is InChI=1S/C9H8ClN5/c1-5-14-7(2-8(10)15-5)6-3-12-9(11)13-4-6/h2-4H,1H3,(H2,11,12,13). The lowest BCUT2D eigenvalue weighted by Gasteiger charge is -2.01. The van der Waals surface area contributed by atoms with Gasteiger partial charge in [-0.2, -0.15) is 0 Å². The Morgan fingerprint density at radius 3 is 2.47 bits per heavy atom. The SMILES string of the molecule is Cc1nc(Cl)cc(-c2cnc(N)nc2)n1. The first-order chi connectivity index (χ1) is 7.15. The monoisotopic (exact) mass is 221 g/mol. The van der Waals surface area contributed by atoms with Gasteiger partial charge in [-0.3, -0.25) is 0 Å². The molecule has 0 aliphatic heterocycles. The molecule has 2 aromatic rings. The van der Waals surface area contributed by atoms with Gasteiger partial charge < -0.3 is 5.73 Å². The molecule has 5 nitrogen and oxygen atoms in total. The highest BCUT2D eigenvalue weighted by molar-refractivity contribution is 6.29. The summed E-state index contributed by atoms with van der Waals surface area (Å²) in [4.78, 5) is 15.9.